The average molecular weight is 594 g/mol. The lowest BCUT2D eigenvalue weighted by Crippen LogP contribution is -2.35. The Morgan fingerprint density at radius 3 is 2.35 bits per heavy atom. The van der Waals surface area contributed by atoms with Gasteiger partial charge >= 0.3 is 0 Å². The minimum Gasteiger partial charge on any atom is -0.454 e. The van der Waals surface area contributed by atoms with Crippen molar-refractivity contribution < 1.29 is 4.74 Å². The summed E-state index contributed by atoms with van der Waals surface area (Å²) in [5.74, 6) is 2.81. The van der Waals surface area contributed by atoms with Crippen LogP contribution in [-0.2, 0) is 5.41 Å². The molecule has 2 nitrogen and oxygen atoms in total. The lowest BCUT2D eigenvalue weighted by atomic mass is 9.62. The molecule has 1 aromatic heterocycles. The second-order valence-corrected chi connectivity index (χ2v) is 13.8. The molecule has 5 aromatic carbocycles. The van der Waals surface area contributed by atoms with Gasteiger partial charge in [-0.3, -0.25) is 0 Å². The van der Waals surface area contributed by atoms with Gasteiger partial charge in [0.2, 0.25) is 0 Å². The Bertz CT molecular complexity index is 2450. The fourth-order valence-corrected chi connectivity index (χ4v) is 9.18. The molecule has 2 heterocycles. The molecule has 222 valence electrons. The third-order valence-electron chi connectivity index (χ3n) is 11.4. The third-order valence-corrected chi connectivity index (χ3v) is 11.4. The fraction of sp³-hybridized carbons (Fsp3) is 0.182. The highest BCUT2D eigenvalue weighted by Gasteiger charge is 2.54. The molecule has 1 spiro atoms. The van der Waals surface area contributed by atoms with E-state index < -0.39 is 5.41 Å². The SMILES string of the molecule is CC1=CC=C(n2c3c4c(ccc3c3ccc5ccccc5c32)C2(C3=C(C=CCC3C)c3ccccc32)c2ccccc2O4)CC1C. The van der Waals surface area contributed by atoms with Gasteiger partial charge in [0, 0.05) is 33.0 Å². The standard InChI is InChI=1S/C44H35NO/c1-26-19-21-30(25-28(26)3)45-41-31-13-5-4-12-29(31)20-22-34(41)35-23-24-38-43(42(35)45)46-39-18-9-8-17-37(39)44(38)36-16-7-6-14-32(36)33-15-10-11-27(2)40(33)44/h4-10,12-24,27-28H,11,25H2,1-3H3. The fourth-order valence-electron chi connectivity index (χ4n) is 9.18. The van der Waals surface area contributed by atoms with Crippen molar-refractivity contribution in [2.24, 2.45) is 11.8 Å². The third kappa shape index (κ3) is 3.17. The number of hydrogen-bond acceptors (Lipinski definition) is 1. The minimum absolute atomic E-state index is 0.395. The van der Waals surface area contributed by atoms with Crippen LogP contribution in [0.25, 0.3) is 43.8 Å². The molecule has 3 unspecified atom stereocenters. The highest BCUT2D eigenvalue weighted by molar-refractivity contribution is 6.20. The quantitative estimate of drug-likeness (QED) is 0.185. The van der Waals surface area contributed by atoms with Gasteiger partial charge in [-0.2, -0.15) is 0 Å². The first-order valence-corrected chi connectivity index (χ1v) is 16.7. The molecule has 46 heavy (non-hydrogen) atoms. The molecule has 0 radical (unpaired) electrons. The molecule has 10 rings (SSSR count). The van der Waals surface area contributed by atoms with Gasteiger partial charge in [-0.1, -0.05) is 129 Å². The molecular weight excluding hydrogens is 558 g/mol. The van der Waals surface area contributed by atoms with E-state index in [2.05, 4.69) is 147 Å². The molecule has 3 aliphatic carbocycles. The maximum absolute atomic E-state index is 7.22. The summed E-state index contributed by atoms with van der Waals surface area (Å²) in [6.07, 6.45) is 11.4. The van der Waals surface area contributed by atoms with Crippen LogP contribution in [0.1, 0.15) is 55.9 Å². The Labute approximate surface area is 269 Å². The summed E-state index contributed by atoms with van der Waals surface area (Å²) in [5, 5.41) is 5.05. The average Bonchev–Trinajstić information content (AvgIpc) is 3.59. The molecule has 0 bridgehead atoms. The number of nitrogens with zero attached hydrogens (tertiary/aromatic N) is 1. The van der Waals surface area contributed by atoms with Crippen molar-refractivity contribution in [2.75, 3.05) is 0 Å². The van der Waals surface area contributed by atoms with E-state index in [1.165, 1.54) is 77.2 Å². The van der Waals surface area contributed by atoms with E-state index >= 15 is 0 Å². The van der Waals surface area contributed by atoms with Crippen LogP contribution in [-0.4, -0.2) is 4.57 Å². The first-order valence-electron chi connectivity index (χ1n) is 16.7. The topological polar surface area (TPSA) is 14.2 Å². The van der Waals surface area contributed by atoms with Gasteiger partial charge in [0.1, 0.15) is 5.75 Å². The Hall–Kier alpha value is -5.08. The first-order chi connectivity index (χ1) is 22.6. The van der Waals surface area contributed by atoms with E-state index in [1.807, 2.05) is 0 Å². The lowest BCUT2D eigenvalue weighted by molar-refractivity contribution is 0.428. The van der Waals surface area contributed by atoms with Crippen LogP contribution in [0.2, 0.25) is 0 Å². The van der Waals surface area contributed by atoms with Crippen LogP contribution in [0.4, 0.5) is 0 Å². The maximum Gasteiger partial charge on any atom is 0.156 e. The van der Waals surface area contributed by atoms with Gasteiger partial charge in [0.05, 0.1) is 16.4 Å². The highest BCUT2D eigenvalue weighted by atomic mass is 16.5. The Balaban J connectivity index is 1.41. The molecule has 6 aromatic rings. The number of benzene rings is 5. The van der Waals surface area contributed by atoms with Crippen LogP contribution in [0, 0.1) is 11.8 Å². The van der Waals surface area contributed by atoms with Gasteiger partial charge in [-0.05, 0) is 71.4 Å². The highest BCUT2D eigenvalue weighted by Crippen LogP contribution is 2.65. The normalized spacial score (nSPS) is 22.8. The predicted molar refractivity (Wildman–Crippen MR) is 191 cm³/mol. The van der Waals surface area contributed by atoms with E-state index in [0.29, 0.717) is 11.8 Å². The van der Waals surface area contributed by atoms with Gasteiger partial charge in [-0.25, -0.2) is 0 Å². The van der Waals surface area contributed by atoms with Crippen molar-refractivity contribution in [1.82, 2.24) is 4.57 Å². The van der Waals surface area contributed by atoms with E-state index in [9.17, 15) is 0 Å². The molecule has 0 fully saturated rings. The molecule has 3 atom stereocenters. The lowest BCUT2D eigenvalue weighted by Gasteiger charge is -2.43. The Morgan fingerprint density at radius 1 is 0.696 bits per heavy atom. The molecule has 0 saturated heterocycles. The van der Waals surface area contributed by atoms with Crippen LogP contribution >= 0.6 is 0 Å². The monoisotopic (exact) mass is 593 g/mol. The van der Waals surface area contributed by atoms with Crippen molar-refractivity contribution in [3.63, 3.8) is 0 Å². The molecule has 0 N–H and O–H groups in total. The largest absolute Gasteiger partial charge is 0.454 e. The number of ether oxygens (including phenoxy) is 1. The van der Waals surface area contributed by atoms with Crippen molar-refractivity contribution in [3.8, 4) is 11.5 Å². The van der Waals surface area contributed by atoms with E-state index in [0.717, 1.165) is 24.3 Å². The summed E-state index contributed by atoms with van der Waals surface area (Å²) in [5.41, 5.74) is 12.9. The van der Waals surface area contributed by atoms with Crippen molar-refractivity contribution >= 4 is 43.8 Å². The van der Waals surface area contributed by atoms with Crippen molar-refractivity contribution in [2.45, 2.75) is 39.0 Å². The molecule has 1 aliphatic heterocycles. The number of aromatic nitrogens is 1. The van der Waals surface area contributed by atoms with Gasteiger partial charge in [0.25, 0.3) is 0 Å². The van der Waals surface area contributed by atoms with Gasteiger partial charge < -0.3 is 9.30 Å². The number of para-hydroxylation sites is 1. The Morgan fingerprint density at radius 2 is 1.46 bits per heavy atom. The van der Waals surface area contributed by atoms with Crippen LogP contribution in [0.5, 0.6) is 11.5 Å². The molecule has 0 amide bonds. The smallest absolute Gasteiger partial charge is 0.156 e. The van der Waals surface area contributed by atoms with E-state index in [-0.39, 0.29) is 0 Å². The zero-order valence-corrected chi connectivity index (χ0v) is 26.5. The van der Waals surface area contributed by atoms with E-state index in [1.54, 1.807) is 0 Å². The van der Waals surface area contributed by atoms with Crippen LogP contribution in [0.15, 0.2) is 133 Å². The molecule has 2 heteroatoms. The minimum atomic E-state index is -0.428. The van der Waals surface area contributed by atoms with Crippen molar-refractivity contribution in [3.05, 3.63) is 155 Å². The summed E-state index contributed by atoms with van der Waals surface area (Å²) in [7, 11) is 0. The van der Waals surface area contributed by atoms with Crippen molar-refractivity contribution in [1.29, 1.82) is 0 Å². The summed E-state index contributed by atoms with van der Waals surface area (Å²) in [4.78, 5) is 0. The number of fused-ring (bicyclic) bond motifs is 14. The van der Waals surface area contributed by atoms with Gasteiger partial charge in [0.15, 0.2) is 5.75 Å². The zero-order chi connectivity index (χ0) is 30.7. The number of allylic oxidation sites excluding steroid dienone is 8. The second-order valence-electron chi connectivity index (χ2n) is 13.8. The molecule has 4 aliphatic rings. The molecule has 0 saturated carbocycles. The predicted octanol–water partition coefficient (Wildman–Crippen LogP) is 11.6. The van der Waals surface area contributed by atoms with Crippen LogP contribution in [0.3, 0.4) is 0 Å². The van der Waals surface area contributed by atoms with Crippen LogP contribution < -0.4 is 4.74 Å². The Kier molecular flexibility index (Phi) is 5.25. The number of hydrogen-bond donors (Lipinski definition) is 0. The summed E-state index contributed by atoms with van der Waals surface area (Å²) >= 11 is 0. The summed E-state index contributed by atoms with van der Waals surface area (Å²) in [6.45, 7) is 7.02. The molecular formula is C44H35NO. The van der Waals surface area contributed by atoms with E-state index in [4.69, 9.17) is 4.74 Å². The van der Waals surface area contributed by atoms with Gasteiger partial charge in [-0.15, -0.1) is 0 Å². The first kappa shape index (κ1) is 26.2. The second kappa shape index (κ2) is 9.23. The zero-order valence-electron chi connectivity index (χ0n) is 26.5. The number of rotatable bonds is 1. The maximum atomic E-state index is 7.22. The summed E-state index contributed by atoms with van der Waals surface area (Å²) in [6, 6.07) is 36.1. The summed E-state index contributed by atoms with van der Waals surface area (Å²) < 4.78 is 9.79.